The van der Waals surface area contributed by atoms with Gasteiger partial charge in [-0.2, -0.15) is 0 Å². The zero-order valence-electron chi connectivity index (χ0n) is 12.9. The van der Waals surface area contributed by atoms with Crippen molar-refractivity contribution in [1.29, 1.82) is 0 Å². The molecule has 2 aliphatic rings. The van der Waals surface area contributed by atoms with Crippen LogP contribution < -0.4 is 5.32 Å². The molecule has 20 heavy (non-hydrogen) atoms. The van der Waals surface area contributed by atoms with Gasteiger partial charge >= 0.3 is 0 Å². The molecule has 0 aromatic carbocycles. The third kappa shape index (κ3) is 2.92. The molecule has 3 rings (SSSR count). The monoisotopic (exact) mass is 293 g/mol. The summed E-state index contributed by atoms with van der Waals surface area (Å²) < 4.78 is 0. The lowest BCUT2D eigenvalue weighted by atomic mass is 9.87. The van der Waals surface area contributed by atoms with Crippen molar-refractivity contribution in [2.75, 3.05) is 13.1 Å². The Hall–Kier alpha value is -0.450. The summed E-state index contributed by atoms with van der Waals surface area (Å²) in [6, 6.07) is 0.649. The quantitative estimate of drug-likeness (QED) is 0.904. The van der Waals surface area contributed by atoms with Crippen molar-refractivity contribution >= 4 is 11.3 Å². The van der Waals surface area contributed by atoms with Crippen molar-refractivity contribution in [3.63, 3.8) is 0 Å². The number of nitrogens with one attached hydrogen (secondary N) is 1. The first kappa shape index (κ1) is 14.5. The number of rotatable bonds is 5. The predicted octanol–water partition coefficient (Wildman–Crippen LogP) is 3.13. The lowest BCUT2D eigenvalue weighted by Crippen LogP contribution is -2.64. The Kier molecular flexibility index (Phi) is 4.16. The Labute approximate surface area is 126 Å². The predicted molar refractivity (Wildman–Crippen MR) is 84.9 cm³/mol. The summed E-state index contributed by atoms with van der Waals surface area (Å²) in [5.41, 5.74) is 0.321. The molecule has 4 heteroatoms. The molecule has 1 aliphatic heterocycles. The zero-order chi connectivity index (χ0) is 14.2. The Bertz CT molecular complexity index is 429. The van der Waals surface area contributed by atoms with E-state index in [1.165, 1.54) is 30.8 Å². The fourth-order valence-corrected chi connectivity index (χ4v) is 4.21. The Morgan fingerprint density at radius 1 is 1.55 bits per heavy atom. The van der Waals surface area contributed by atoms with Gasteiger partial charge in [0.05, 0.1) is 6.54 Å². The molecule has 1 saturated carbocycles. The van der Waals surface area contributed by atoms with Gasteiger partial charge in [-0.1, -0.05) is 20.3 Å². The standard InChI is InChI=1S/C16H27N3S/c1-4-12(2)14-9-18-16(3,13-5-6-13)11-19(14)10-15-17-7-8-20-15/h7-8,12-14,18H,4-6,9-11H2,1-3H3. The van der Waals surface area contributed by atoms with Crippen molar-refractivity contribution in [2.24, 2.45) is 11.8 Å². The van der Waals surface area contributed by atoms with Gasteiger partial charge in [-0.15, -0.1) is 11.3 Å². The van der Waals surface area contributed by atoms with Crippen LogP contribution in [-0.2, 0) is 6.54 Å². The van der Waals surface area contributed by atoms with Gasteiger partial charge in [0.15, 0.2) is 0 Å². The van der Waals surface area contributed by atoms with Crippen LogP contribution in [0.3, 0.4) is 0 Å². The third-order valence-electron chi connectivity index (χ3n) is 5.32. The average Bonchev–Trinajstić information content (AvgIpc) is 3.19. The summed E-state index contributed by atoms with van der Waals surface area (Å²) in [6.07, 6.45) is 5.99. The van der Waals surface area contributed by atoms with E-state index in [1.54, 1.807) is 11.3 Å². The molecule has 2 heterocycles. The highest BCUT2D eigenvalue weighted by Gasteiger charge is 2.46. The average molecular weight is 293 g/mol. The highest BCUT2D eigenvalue weighted by molar-refractivity contribution is 7.09. The van der Waals surface area contributed by atoms with Gasteiger partial charge in [0.1, 0.15) is 5.01 Å². The smallest absolute Gasteiger partial charge is 0.107 e. The van der Waals surface area contributed by atoms with Crippen LogP contribution in [0, 0.1) is 11.8 Å². The molecule has 0 amide bonds. The molecule has 1 aromatic heterocycles. The van der Waals surface area contributed by atoms with Gasteiger partial charge in [-0.25, -0.2) is 4.98 Å². The first-order valence-electron chi connectivity index (χ1n) is 8.00. The van der Waals surface area contributed by atoms with E-state index in [1.807, 2.05) is 6.20 Å². The molecule has 3 nitrogen and oxygen atoms in total. The number of aromatic nitrogens is 1. The van der Waals surface area contributed by atoms with E-state index in [2.05, 4.69) is 41.4 Å². The number of piperazine rings is 1. The first-order valence-corrected chi connectivity index (χ1v) is 8.88. The molecular weight excluding hydrogens is 266 g/mol. The van der Waals surface area contributed by atoms with Gasteiger partial charge in [0.2, 0.25) is 0 Å². The minimum Gasteiger partial charge on any atom is -0.308 e. The van der Waals surface area contributed by atoms with Gasteiger partial charge in [-0.05, 0) is 31.6 Å². The second-order valence-electron chi connectivity index (χ2n) is 6.86. The van der Waals surface area contributed by atoms with E-state index >= 15 is 0 Å². The lowest BCUT2D eigenvalue weighted by molar-refractivity contribution is 0.0413. The third-order valence-corrected chi connectivity index (χ3v) is 6.08. The van der Waals surface area contributed by atoms with Crippen molar-refractivity contribution in [1.82, 2.24) is 15.2 Å². The number of hydrogen-bond acceptors (Lipinski definition) is 4. The SMILES string of the molecule is CCC(C)C1CNC(C)(C2CC2)CN1Cc1nccs1. The van der Waals surface area contributed by atoms with Crippen molar-refractivity contribution in [3.8, 4) is 0 Å². The molecule has 0 bridgehead atoms. The maximum atomic E-state index is 4.49. The van der Waals surface area contributed by atoms with Gasteiger partial charge in [0.25, 0.3) is 0 Å². The molecule has 1 N–H and O–H groups in total. The summed E-state index contributed by atoms with van der Waals surface area (Å²) in [5, 5.41) is 7.23. The van der Waals surface area contributed by atoms with E-state index in [0.717, 1.165) is 24.9 Å². The zero-order valence-corrected chi connectivity index (χ0v) is 13.7. The summed E-state index contributed by atoms with van der Waals surface area (Å²) in [6.45, 7) is 10.4. The highest BCUT2D eigenvalue weighted by Crippen LogP contribution is 2.42. The second kappa shape index (κ2) is 5.74. The van der Waals surface area contributed by atoms with E-state index in [0.29, 0.717) is 11.6 Å². The van der Waals surface area contributed by atoms with Crippen LogP contribution in [0.1, 0.15) is 45.0 Å². The topological polar surface area (TPSA) is 28.2 Å². The summed E-state index contributed by atoms with van der Waals surface area (Å²) in [7, 11) is 0. The van der Waals surface area contributed by atoms with Crippen LogP contribution in [0.2, 0.25) is 0 Å². The van der Waals surface area contributed by atoms with E-state index < -0.39 is 0 Å². The number of nitrogens with zero attached hydrogens (tertiary/aromatic N) is 2. The van der Waals surface area contributed by atoms with Crippen LogP contribution in [-0.4, -0.2) is 34.6 Å². The second-order valence-corrected chi connectivity index (χ2v) is 7.84. The molecule has 1 aromatic rings. The molecule has 1 aliphatic carbocycles. The number of thiazole rings is 1. The minimum absolute atomic E-state index is 0.321. The van der Waals surface area contributed by atoms with Gasteiger partial charge in [0, 0.05) is 36.2 Å². The molecule has 3 unspecified atom stereocenters. The highest BCUT2D eigenvalue weighted by atomic mass is 32.1. The minimum atomic E-state index is 0.321. The summed E-state index contributed by atoms with van der Waals surface area (Å²) >= 11 is 1.79. The largest absolute Gasteiger partial charge is 0.308 e. The molecule has 2 fully saturated rings. The maximum Gasteiger partial charge on any atom is 0.107 e. The molecule has 3 atom stereocenters. The lowest BCUT2D eigenvalue weighted by Gasteiger charge is -2.48. The Balaban J connectivity index is 1.74. The van der Waals surface area contributed by atoms with Crippen molar-refractivity contribution in [3.05, 3.63) is 16.6 Å². The van der Waals surface area contributed by atoms with Gasteiger partial charge in [-0.3, -0.25) is 4.90 Å². The fourth-order valence-electron chi connectivity index (χ4n) is 3.57. The summed E-state index contributed by atoms with van der Waals surface area (Å²) in [4.78, 5) is 7.19. The van der Waals surface area contributed by atoms with Crippen molar-refractivity contribution in [2.45, 2.75) is 58.2 Å². The van der Waals surface area contributed by atoms with Crippen LogP contribution >= 0.6 is 11.3 Å². The molecule has 0 radical (unpaired) electrons. The van der Waals surface area contributed by atoms with E-state index in [-0.39, 0.29) is 0 Å². The van der Waals surface area contributed by atoms with E-state index in [9.17, 15) is 0 Å². The summed E-state index contributed by atoms with van der Waals surface area (Å²) in [5.74, 6) is 1.63. The van der Waals surface area contributed by atoms with Crippen LogP contribution in [0.25, 0.3) is 0 Å². The molecular formula is C16H27N3S. The number of hydrogen-bond donors (Lipinski definition) is 1. The normalized spacial score (nSPS) is 33.2. The first-order chi connectivity index (χ1) is 9.62. The molecule has 0 spiro atoms. The van der Waals surface area contributed by atoms with E-state index in [4.69, 9.17) is 0 Å². The van der Waals surface area contributed by atoms with Crippen molar-refractivity contribution < 1.29 is 0 Å². The Morgan fingerprint density at radius 2 is 2.35 bits per heavy atom. The van der Waals surface area contributed by atoms with Crippen LogP contribution in [0.15, 0.2) is 11.6 Å². The molecule has 1 saturated heterocycles. The van der Waals surface area contributed by atoms with Gasteiger partial charge < -0.3 is 5.32 Å². The molecule has 112 valence electrons. The maximum absolute atomic E-state index is 4.49. The van der Waals surface area contributed by atoms with Crippen LogP contribution in [0.4, 0.5) is 0 Å². The van der Waals surface area contributed by atoms with Crippen LogP contribution in [0.5, 0.6) is 0 Å². The Morgan fingerprint density at radius 3 is 2.95 bits per heavy atom. The fraction of sp³-hybridized carbons (Fsp3) is 0.812.